The van der Waals surface area contributed by atoms with Crippen molar-refractivity contribution in [3.63, 3.8) is 0 Å². The fraction of sp³-hybridized carbons (Fsp3) is 0.778. The van der Waals surface area contributed by atoms with Gasteiger partial charge in [0.15, 0.2) is 5.82 Å². The minimum atomic E-state index is -0.276. The lowest BCUT2D eigenvalue weighted by Crippen LogP contribution is -2.52. The van der Waals surface area contributed by atoms with Gasteiger partial charge in [0, 0.05) is 51.5 Å². The first kappa shape index (κ1) is 18.8. The van der Waals surface area contributed by atoms with E-state index in [9.17, 15) is 9.59 Å². The highest BCUT2D eigenvalue weighted by atomic mass is 16.5. The van der Waals surface area contributed by atoms with Crippen LogP contribution in [0.1, 0.15) is 57.2 Å². The highest BCUT2D eigenvalue weighted by Crippen LogP contribution is 2.16. The van der Waals surface area contributed by atoms with Gasteiger partial charge < -0.3 is 19.1 Å². The van der Waals surface area contributed by atoms with Crippen LogP contribution in [0, 0.1) is 0 Å². The minimum absolute atomic E-state index is 0.0759. The summed E-state index contributed by atoms with van der Waals surface area (Å²) in [5.74, 6) is 1.74. The maximum absolute atomic E-state index is 12.4. The third-order valence-electron chi connectivity index (χ3n) is 4.93. The lowest BCUT2D eigenvalue weighted by Gasteiger charge is -2.35. The van der Waals surface area contributed by atoms with Crippen molar-refractivity contribution < 1.29 is 18.8 Å². The molecule has 8 nitrogen and oxygen atoms in total. The van der Waals surface area contributed by atoms with E-state index in [1.165, 1.54) is 0 Å². The van der Waals surface area contributed by atoms with Crippen molar-refractivity contribution in [3.05, 3.63) is 11.7 Å². The maximum atomic E-state index is 12.4. The van der Waals surface area contributed by atoms with E-state index in [-0.39, 0.29) is 23.8 Å². The lowest BCUT2D eigenvalue weighted by atomic mass is 10.1. The summed E-state index contributed by atoms with van der Waals surface area (Å²) in [4.78, 5) is 32.7. The van der Waals surface area contributed by atoms with Gasteiger partial charge in [-0.15, -0.1) is 0 Å². The number of rotatable bonds is 6. The average Bonchev–Trinajstić information content (AvgIpc) is 3.33. The molecular weight excluding hydrogens is 336 g/mol. The number of aromatic nitrogens is 2. The summed E-state index contributed by atoms with van der Waals surface area (Å²) in [7, 11) is 0. The fourth-order valence-corrected chi connectivity index (χ4v) is 3.31. The first-order valence-corrected chi connectivity index (χ1v) is 9.55. The zero-order valence-corrected chi connectivity index (χ0v) is 15.6. The van der Waals surface area contributed by atoms with Gasteiger partial charge in [-0.05, 0) is 19.3 Å². The molecule has 3 heterocycles. The number of hydrogen-bond acceptors (Lipinski definition) is 6. The summed E-state index contributed by atoms with van der Waals surface area (Å²) in [6, 6.07) is 0. The number of piperazine rings is 1. The van der Waals surface area contributed by atoms with Gasteiger partial charge in [0.2, 0.25) is 11.8 Å². The number of nitrogens with zero attached hydrogens (tertiary/aromatic N) is 4. The summed E-state index contributed by atoms with van der Waals surface area (Å²) in [6.07, 6.45) is 3.25. The van der Waals surface area contributed by atoms with E-state index in [0.29, 0.717) is 63.8 Å². The summed E-state index contributed by atoms with van der Waals surface area (Å²) in [5, 5.41) is 3.93. The van der Waals surface area contributed by atoms with E-state index in [4.69, 9.17) is 9.26 Å². The first-order valence-electron chi connectivity index (χ1n) is 9.55. The highest BCUT2D eigenvalue weighted by Gasteiger charge is 2.31. The molecule has 1 aromatic heterocycles. The molecule has 0 radical (unpaired) electrons. The molecule has 26 heavy (non-hydrogen) atoms. The van der Waals surface area contributed by atoms with Crippen molar-refractivity contribution in [2.45, 2.75) is 58.0 Å². The van der Waals surface area contributed by atoms with E-state index in [1.807, 2.05) is 23.6 Å². The number of carbonyl (C=O) groups excluding carboxylic acids is 2. The average molecular weight is 364 g/mol. The van der Waals surface area contributed by atoms with Gasteiger partial charge in [-0.3, -0.25) is 9.59 Å². The van der Waals surface area contributed by atoms with E-state index >= 15 is 0 Å². The molecule has 2 saturated heterocycles. The van der Waals surface area contributed by atoms with Crippen LogP contribution in [0.2, 0.25) is 0 Å². The van der Waals surface area contributed by atoms with E-state index in [0.717, 1.165) is 12.8 Å². The van der Waals surface area contributed by atoms with Gasteiger partial charge in [-0.1, -0.05) is 19.0 Å². The van der Waals surface area contributed by atoms with Crippen LogP contribution in [0.25, 0.3) is 0 Å². The summed E-state index contributed by atoms with van der Waals surface area (Å²) in [6.45, 7) is 7.07. The van der Waals surface area contributed by atoms with Crippen molar-refractivity contribution in [3.8, 4) is 0 Å². The monoisotopic (exact) mass is 364 g/mol. The van der Waals surface area contributed by atoms with Crippen LogP contribution in [-0.4, -0.2) is 70.6 Å². The smallest absolute Gasteiger partial charge is 0.251 e. The normalized spacial score (nSPS) is 20.8. The van der Waals surface area contributed by atoms with Crippen molar-refractivity contribution in [2.75, 3.05) is 32.8 Å². The molecule has 1 aromatic rings. The van der Waals surface area contributed by atoms with Crippen LogP contribution in [0.5, 0.6) is 0 Å². The van der Waals surface area contributed by atoms with Crippen molar-refractivity contribution >= 4 is 11.8 Å². The zero-order valence-electron chi connectivity index (χ0n) is 15.6. The molecule has 0 N–H and O–H groups in total. The minimum Gasteiger partial charge on any atom is -0.368 e. The van der Waals surface area contributed by atoms with Gasteiger partial charge in [0.05, 0.1) is 0 Å². The summed E-state index contributed by atoms with van der Waals surface area (Å²) >= 11 is 0. The third-order valence-corrected chi connectivity index (χ3v) is 4.93. The Kier molecular flexibility index (Phi) is 6.24. The largest absolute Gasteiger partial charge is 0.368 e. The molecule has 0 bridgehead atoms. The Morgan fingerprint density at radius 2 is 1.92 bits per heavy atom. The Hall–Kier alpha value is -1.96. The van der Waals surface area contributed by atoms with Crippen LogP contribution in [0.15, 0.2) is 4.52 Å². The topological polar surface area (TPSA) is 88.8 Å². The zero-order chi connectivity index (χ0) is 18.5. The van der Waals surface area contributed by atoms with Crippen LogP contribution in [0.3, 0.4) is 0 Å². The molecule has 2 aliphatic rings. The summed E-state index contributed by atoms with van der Waals surface area (Å²) in [5.41, 5.74) is 0. The van der Waals surface area contributed by atoms with E-state index < -0.39 is 0 Å². The Bertz CT molecular complexity index is 616. The molecule has 0 aliphatic carbocycles. The fourth-order valence-electron chi connectivity index (χ4n) is 3.31. The first-order chi connectivity index (χ1) is 12.5. The van der Waals surface area contributed by atoms with E-state index in [1.54, 1.807) is 0 Å². The van der Waals surface area contributed by atoms with Crippen LogP contribution < -0.4 is 0 Å². The van der Waals surface area contributed by atoms with Crippen LogP contribution in [0.4, 0.5) is 0 Å². The Labute approximate surface area is 153 Å². The van der Waals surface area contributed by atoms with Gasteiger partial charge in [-0.2, -0.15) is 4.98 Å². The maximum Gasteiger partial charge on any atom is 0.251 e. The Morgan fingerprint density at radius 3 is 2.54 bits per heavy atom. The summed E-state index contributed by atoms with van der Waals surface area (Å²) < 4.78 is 10.7. The quantitative estimate of drug-likeness (QED) is 0.757. The van der Waals surface area contributed by atoms with Crippen molar-refractivity contribution in [2.24, 2.45) is 0 Å². The predicted molar refractivity (Wildman–Crippen MR) is 93.5 cm³/mol. The molecule has 2 amide bonds. The molecule has 2 aliphatic heterocycles. The third kappa shape index (κ3) is 4.60. The number of aryl methyl sites for hydroxylation is 1. The molecule has 2 fully saturated rings. The number of carbonyl (C=O) groups is 2. The molecule has 8 heteroatoms. The Balaban J connectivity index is 1.37. The van der Waals surface area contributed by atoms with Gasteiger partial charge in [0.1, 0.15) is 6.10 Å². The van der Waals surface area contributed by atoms with Gasteiger partial charge in [-0.25, -0.2) is 0 Å². The number of amides is 2. The molecule has 0 unspecified atom stereocenters. The molecule has 0 aromatic carbocycles. The SMILES string of the molecule is CC(C)c1noc(CCCC(=O)N2CCN(C(=O)[C@H]3CCCO3)CC2)n1. The molecule has 144 valence electrons. The molecule has 0 spiro atoms. The second-order valence-electron chi connectivity index (χ2n) is 7.26. The Morgan fingerprint density at radius 1 is 1.19 bits per heavy atom. The molecular formula is C18H28N4O4. The van der Waals surface area contributed by atoms with Crippen LogP contribution >= 0.6 is 0 Å². The van der Waals surface area contributed by atoms with Gasteiger partial charge >= 0.3 is 0 Å². The standard InChI is InChI=1S/C18H28N4O4/c1-13(2)17-19-15(26-20-17)6-3-7-16(23)21-8-10-22(11-9-21)18(24)14-5-4-12-25-14/h13-14H,3-12H2,1-2H3/t14-/m1/s1. The predicted octanol–water partition coefficient (Wildman–Crippen LogP) is 1.37. The molecule has 0 saturated carbocycles. The van der Waals surface area contributed by atoms with Gasteiger partial charge in [0.25, 0.3) is 5.91 Å². The van der Waals surface area contributed by atoms with Crippen molar-refractivity contribution in [1.82, 2.24) is 19.9 Å². The second-order valence-corrected chi connectivity index (χ2v) is 7.26. The second kappa shape index (κ2) is 8.62. The number of hydrogen-bond donors (Lipinski definition) is 0. The molecule has 1 atom stereocenters. The lowest BCUT2D eigenvalue weighted by molar-refractivity contribution is -0.146. The van der Waals surface area contributed by atoms with Crippen LogP contribution in [-0.2, 0) is 20.7 Å². The van der Waals surface area contributed by atoms with Crippen molar-refractivity contribution in [1.29, 1.82) is 0 Å². The van der Waals surface area contributed by atoms with E-state index in [2.05, 4.69) is 10.1 Å². The highest BCUT2D eigenvalue weighted by molar-refractivity contribution is 5.82. The number of ether oxygens (including phenoxy) is 1. The molecule has 3 rings (SSSR count).